The number of rotatable bonds is 6. The molecule has 152 valence electrons. The van der Waals surface area contributed by atoms with E-state index in [1.165, 1.54) is 6.07 Å². The maximum atomic E-state index is 13.8. The minimum atomic E-state index is -0.367. The van der Waals surface area contributed by atoms with E-state index in [2.05, 4.69) is 5.32 Å². The lowest BCUT2D eigenvalue weighted by molar-refractivity contribution is 0.0690. The molecule has 0 bridgehead atoms. The van der Waals surface area contributed by atoms with Crippen LogP contribution in [0.15, 0.2) is 42.5 Å². The van der Waals surface area contributed by atoms with Gasteiger partial charge in [-0.25, -0.2) is 4.39 Å². The average molecular weight is 396 g/mol. The van der Waals surface area contributed by atoms with E-state index < -0.39 is 0 Å². The number of hydrogen-bond donors (Lipinski definition) is 1. The maximum Gasteiger partial charge on any atom is 0.254 e. The number of hydrogen-bond acceptors (Lipinski definition) is 3. The van der Waals surface area contributed by atoms with Gasteiger partial charge in [-0.15, -0.1) is 0 Å². The Labute approximate surface area is 169 Å². The summed E-state index contributed by atoms with van der Waals surface area (Å²) in [7, 11) is 0. The molecule has 6 heteroatoms. The van der Waals surface area contributed by atoms with Crippen LogP contribution in [0.2, 0.25) is 0 Å². The van der Waals surface area contributed by atoms with Crippen LogP contribution in [-0.4, -0.2) is 41.9 Å². The fourth-order valence-electron chi connectivity index (χ4n) is 3.56. The normalized spacial score (nSPS) is 18.6. The Hall–Kier alpha value is -2.89. The second-order valence-corrected chi connectivity index (χ2v) is 7.84. The van der Waals surface area contributed by atoms with Crippen molar-refractivity contribution >= 4 is 11.8 Å². The number of nitrogens with zero attached hydrogens (tertiary/aromatic N) is 1. The van der Waals surface area contributed by atoms with Crippen LogP contribution in [0.3, 0.4) is 0 Å². The SMILES string of the molecule is Cc1ccc(C(=O)N2CCC[C@@H]2COc2ccc(C(=O)NC3CC3)cc2)cc1F. The Kier molecular flexibility index (Phi) is 5.51. The molecule has 1 saturated carbocycles. The van der Waals surface area contributed by atoms with Crippen molar-refractivity contribution in [2.45, 2.75) is 44.7 Å². The van der Waals surface area contributed by atoms with E-state index in [1.54, 1.807) is 48.2 Å². The topological polar surface area (TPSA) is 58.6 Å². The van der Waals surface area contributed by atoms with Gasteiger partial charge in [0.1, 0.15) is 18.2 Å². The van der Waals surface area contributed by atoms with Crippen molar-refractivity contribution in [3.05, 3.63) is 65.0 Å². The smallest absolute Gasteiger partial charge is 0.254 e. The molecule has 2 aromatic rings. The summed E-state index contributed by atoms with van der Waals surface area (Å²) in [6.45, 7) is 2.69. The summed E-state index contributed by atoms with van der Waals surface area (Å²) in [6.07, 6.45) is 3.86. The molecule has 5 nitrogen and oxygen atoms in total. The first-order valence-electron chi connectivity index (χ1n) is 10.1. The minimum Gasteiger partial charge on any atom is -0.491 e. The standard InChI is InChI=1S/C23H25FN2O3/c1-15-4-5-17(13-21(15)24)23(28)26-12-2-3-19(26)14-29-20-10-6-16(7-11-20)22(27)25-18-8-9-18/h4-7,10-11,13,18-19H,2-3,8-9,12,14H2,1H3,(H,25,27)/t19-/m1/s1. The van der Waals surface area contributed by atoms with Crippen molar-refractivity contribution in [1.29, 1.82) is 0 Å². The van der Waals surface area contributed by atoms with Crippen molar-refractivity contribution in [2.24, 2.45) is 0 Å². The van der Waals surface area contributed by atoms with Gasteiger partial charge in [0.25, 0.3) is 11.8 Å². The number of ether oxygens (including phenoxy) is 1. The second-order valence-electron chi connectivity index (χ2n) is 7.84. The van der Waals surface area contributed by atoms with E-state index in [1.807, 2.05) is 0 Å². The molecule has 0 radical (unpaired) electrons. The van der Waals surface area contributed by atoms with Gasteiger partial charge < -0.3 is 15.0 Å². The first-order valence-corrected chi connectivity index (χ1v) is 10.1. The molecule has 1 heterocycles. The lowest BCUT2D eigenvalue weighted by atomic mass is 10.1. The van der Waals surface area contributed by atoms with Crippen LogP contribution in [0.4, 0.5) is 4.39 Å². The van der Waals surface area contributed by atoms with E-state index in [0.717, 1.165) is 25.7 Å². The van der Waals surface area contributed by atoms with Crippen LogP contribution in [-0.2, 0) is 0 Å². The first-order chi connectivity index (χ1) is 14.0. The predicted octanol–water partition coefficient (Wildman–Crippen LogP) is 3.71. The van der Waals surface area contributed by atoms with Gasteiger partial charge in [0.05, 0.1) is 6.04 Å². The Morgan fingerprint density at radius 1 is 1.10 bits per heavy atom. The summed E-state index contributed by atoms with van der Waals surface area (Å²) in [6, 6.07) is 11.9. The summed E-state index contributed by atoms with van der Waals surface area (Å²) in [5.74, 6) is 0.0707. The van der Waals surface area contributed by atoms with Crippen LogP contribution < -0.4 is 10.1 Å². The molecule has 2 aliphatic rings. The molecule has 1 atom stereocenters. The summed E-state index contributed by atoms with van der Waals surface area (Å²) >= 11 is 0. The van der Waals surface area contributed by atoms with E-state index in [4.69, 9.17) is 4.74 Å². The van der Waals surface area contributed by atoms with Crippen LogP contribution in [0, 0.1) is 12.7 Å². The van der Waals surface area contributed by atoms with Gasteiger partial charge in [0.2, 0.25) is 0 Å². The summed E-state index contributed by atoms with van der Waals surface area (Å²) in [4.78, 5) is 26.6. The third-order valence-electron chi connectivity index (χ3n) is 5.53. The maximum absolute atomic E-state index is 13.8. The van der Waals surface area contributed by atoms with E-state index in [-0.39, 0.29) is 23.7 Å². The van der Waals surface area contributed by atoms with Gasteiger partial charge in [-0.1, -0.05) is 6.07 Å². The summed E-state index contributed by atoms with van der Waals surface area (Å²) < 4.78 is 19.7. The largest absolute Gasteiger partial charge is 0.491 e. The van der Waals surface area contributed by atoms with Crippen LogP contribution in [0.25, 0.3) is 0 Å². The number of carbonyl (C=O) groups excluding carboxylic acids is 2. The molecule has 1 aliphatic heterocycles. The van der Waals surface area contributed by atoms with Crippen molar-refractivity contribution in [1.82, 2.24) is 10.2 Å². The number of likely N-dealkylation sites (tertiary alicyclic amines) is 1. The van der Waals surface area contributed by atoms with E-state index >= 15 is 0 Å². The number of benzene rings is 2. The van der Waals surface area contributed by atoms with Crippen molar-refractivity contribution in [3.63, 3.8) is 0 Å². The molecule has 29 heavy (non-hydrogen) atoms. The van der Waals surface area contributed by atoms with E-state index in [0.29, 0.717) is 41.6 Å². The molecule has 2 fully saturated rings. The fraction of sp³-hybridized carbons (Fsp3) is 0.391. The second kappa shape index (κ2) is 8.23. The zero-order chi connectivity index (χ0) is 20.4. The zero-order valence-corrected chi connectivity index (χ0v) is 16.5. The van der Waals surface area contributed by atoms with Crippen molar-refractivity contribution in [2.75, 3.05) is 13.2 Å². The highest BCUT2D eigenvalue weighted by molar-refractivity contribution is 5.95. The van der Waals surface area contributed by atoms with Gasteiger partial charge >= 0.3 is 0 Å². The fourth-order valence-corrected chi connectivity index (χ4v) is 3.56. The molecule has 0 spiro atoms. The lowest BCUT2D eigenvalue weighted by Gasteiger charge is -2.25. The number of aryl methyl sites for hydroxylation is 1. The number of amides is 2. The molecule has 1 aliphatic carbocycles. The lowest BCUT2D eigenvalue weighted by Crippen LogP contribution is -2.39. The quantitative estimate of drug-likeness (QED) is 0.810. The molecular weight excluding hydrogens is 371 g/mol. The number of halogens is 1. The molecule has 2 aromatic carbocycles. The third-order valence-corrected chi connectivity index (χ3v) is 5.53. The zero-order valence-electron chi connectivity index (χ0n) is 16.5. The molecule has 4 rings (SSSR count). The monoisotopic (exact) mass is 396 g/mol. The average Bonchev–Trinajstić information content (AvgIpc) is 3.41. The van der Waals surface area contributed by atoms with Gasteiger partial charge in [0, 0.05) is 23.7 Å². The Morgan fingerprint density at radius 2 is 1.83 bits per heavy atom. The van der Waals surface area contributed by atoms with Crippen LogP contribution in [0.1, 0.15) is 52.0 Å². The van der Waals surface area contributed by atoms with Crippen molar-refractivity contribution in [3.8, 4) is 5.75 Å². The Morgan fingerprint density at radius 3 is 2.52 bits per heavy atom. The van der Waals surface area contributed by atoms with Gasteiger partial charge in [-0.05, 0) is 74.6 Å². The Balaban J connectivity index is 1.35. The third kappa shape index (κ3) is 4.58. The molecular formula is C23H25FN2O3. The highest BCUT2D eigenvalue weighted by Crippen LogP contribution is 2.23. The predicted molar refractivity (Wildman–Crippen MR) is 108 cm³/mol. The Bertz CT molecular complexity index is 909. The van der Waals surface area contributed by atoms with Gasteiger partial charge in [-0.2, -0.15) is 0 Å². The molecule has 0 unspecified atom stereocenters. The molecule has 1 N–H and O–H groups in total. The van der Waals surface area contributed by atoms with E-state index in [9.17, 15) is 14.0 Å². The van der Waals surface area contributed by atoms with Crippen LogP contribution in [0.5, 0.6) is 5.75 Å². The molecule has 1 saturated heterocycles. The van der Waals surface area contributed by atoms with Gasteiger partial charge in [-0.3, -0.25) is 9.59 Å². The van der Waals surface area contributed by atoms with Crippen LogP contribution >= 0.6 is 0 Å². The first kappa shape index (κ1) is 19.4. The highest BCUT2D eigenvalue weighted by Gasteiger charge is 2.30. The summed E-state index contributed by atoms with van der Waals surface area (Å²) in [5.41, 5.74) is 1.51. The molecule has 2 amide bonds. The number of nitrogens with one attached hydrogen (secondary N) is 1. The molecule has 0 aromatic heterocycles. The van der Waals surface area contributed by atoms with Crippen molar-refractivity contribution < 1.29 is 18.7 Å². The minimum absolute atomic E-state index is 0.0512. The number of carbonyl (C=O) groups is 2. The van der Waals surface area contributed by atoms with Gasteiger partial charge in [0.15, 0.2) is 0 Å². The highest BCUT2D eigenvalue weighted by atomic mass is 19.1. The summed E-state index contributed by atoms with van der Waals surface area (Å²) in [5, 5.41) is 2.96.